The third-order valence-corrected chi connectivity index (χ3v) is 4.13. The molecule has 16 heavy (non-hydrogen) atoms. The molecule has 1 N–H and O–H groups in total. The number of hydrogen-bond acceptors (Lipinski definition) is 3. The van der Waals surface area contributed by atoms with E-state index in [1.54, 1.807) is 6.07 Å². The minimum Gasteiger partial charge on any atom is -0.477 e. The summed E-state index contributed by atoms with van der Waals surface area (Å²) in [4.78, 5) is 13.6. The SMILES string of the molecule is CCC1CCCCN1c1csc(C(=O)O)c1. The fourth-order valence-electron chi connectivity index (χ4n) is 2.35. The van der Waals surface area contributed by atoms with E-state index in [4.69, 9.17) is 5.11 Å². The molecule has 88 valence electrons. The van der Waals surface area contributed by atoms with Crippen molar-refractivity contribution in [2.24, 2.45) is 0 Å². The summed E-state index contributed by atoms with van der Waals surface area (Å²) in [5, 5.41) is 10.9. The van der Waals surface area contributed by atoms with Crippen molar-refractivity contribution in [3.63, 3.8) is 0 Å². The Morgan fingerprint density at radius 2 is 2.44 bits per heavy atom. The van der Waals surface area contributed by atoms with E-state index < -0.39 is 5.97 Å². The highest BCUT2D eigenvalue weighted by molar-refractivity contribution is 7.12. The maximum atomic E-state index is 10.8. The molecule has 0 amide bonds. The summed E-state index contributed by atoms with van der Waals surface area (Å²) in [6.07, 6.45) is 4.88. The van der Waals surface area contributed by atoms with Crippen molar-refractivity contribution in [2.75, 3.05) is 11.4 Å². The van der Waals surface area contributed by atoms with Gasteiger partial charge in [0.05, 0.1) is 0 Å². The van der Waals surface area contributed by atoms with Crippen molar-refractivity contribution >= 4 is 23.0 Å². The highest BCUT2D eigenvalue weighted by Crippen LogP contribution is 2.30. The lowest BCUT2D eigenvalue weighted by Gasteiger charge is -2.36. The number of anilines is 1. The molecule has 1 fully saturated rings. The standard InChI is InChI=1S/C12H17NO2S/c1-2-9-5-3-4-6-13(9)10-7-11(12(14)15)16-8-10/h7-9H,2-6H2,1H3,(H,14,15). The quantitative estimate of drug-likeness (QED) is 0.880. The van der Waals surface area contributed by atoms with Gasteiger partial charge in [0.15, 0.2) is 0 Å². The van der Waals surface area contributed by atoms with Crippen molar-refractivity contribution in [1.82, 2.24) is 0 Å². The lowest BCUT2D eigenvalue weighted by atomic mass is 10.00. The van der Waals surface area contributed by atoms with E-state index in [0.29, 0.717) is 10.9 Å². The van der Waals surface area contributed by atoms with E-state index in [0.717, 1.165) is 18.7 Å². The molecule has 0 aromatic carbocycles. The number of aromatic carboxylic acids is 1. The van der Waals surface area contributed by atoms with E-state index in [2.05, 4.69) is 11.8 Å². The molecule has 2 heterocycles. The normalized spacial score (nSPS) is 21.1. The molecule has 1 unspecified atom stereocenters. The minimum atomic E-state index is -0.818. The summed E-state index contributed by atoms with van der Waals surface area (Å²) in [5.41, 5.74) is 1.09. The molecule has 0 bridgehead atoms. The Labute approximate surface area is 99.7 Å². The van der Waals surface area contributed by atoms with Gasteiger partial charge in [0, 0.05) is 23.7 Å². The van der Waals surface area contributed by atoms with Gasteiger partial charge in [-0.05, 0) is 31.7 Å². The minimum absolute atomic E-state index is 0.440. The molecular formula is C12H17NO2S. The Hall–Kier alpha value is -1.03. The Morgan fingerprint density at radius 1 is 1.62 bits per heavy atom. The number of nitrogens with zero attached hydrogens (tertiary/aromatic N) is 1. The summed E-state index contributed by atoms with van der Waals surface area (Å²) in [6, 6.07) is 2.39. The second-order valence-corrected chi connectivity index (χ2v) is 5.14. The third kappa shape index (κ3) is 2.21. The van der Waals surface area contributed by atoms with Crippen LogP contribution >= 0.6 is 11.3 Å². The number of carboxylic acids is 1. The highest BCUT2D eigenvalue weighted by Gasteiger charge is 2.22. The average Bonchev–Trinajstić information content (AvgIpc) is 2.78. The summed E-state index contributed by atoms with van der Waals surface area (Å²) >= 11 is 1.32. The number of carboxylic acid groups (broad SMARTS) is 1. The first-order valence-corrected chi connectivity index (χ1v) is 6.68. The van der Waals surface area contributed by atoms with E-state index >= 15 is 0 Å². The topological polar surface area (TPSA) is 40.5 Å². The Kier molecular flexibility index (Phi) is 3.49. The van der Waals surface area contributed by atoms with Crippen molar-refractivity contribution in [3.05, 3.63) is 16.3 Å². The number of carbonyl (C=O) groups is 1. The van der Waals surface area contributed by atoms with Crippen molar-refractivity contribution in [2.45, 2.75) is 38.6 Å². The Balaban J connectivity index is 2.17. The van der Waals surface area contributed by atoms with Gasteiger partial charge in [-0.15, -0.1) is 11.3 Å². The van der Waals surface area contributed by atoms with Crippen LogP contribution in [0.1, 0.15) is 42.3 Å². The maximum absolute atomic E-state index is 10.8. The second-order valence-electron chi connectivity index (χ2n) is 4.23. The number of piperidine rings is 1. The molecule has 0 aliphatic carbocycles. The Bertz CT molecular complexity index is 375. The van der Waals surface area contributed by atoms with Crippen LogP contribution in [0.5, 0.6) is 0 Å². The van der Waals surface area contributed by atoms with Crippen LogP contribution in [-0.2, 0) is 0 Å². The zero-order valence-electron chi connectivity index (χ0n) is 9.48. The van der Waals surface area contributed by atoms with Crippen LogP contribution in [0, 0.1) is 0 Å². The first kappa shape index (κ1) is 11.5. The maximum Gasteiger partial charge on any atom is 0.345 e. The average molecular weight is 239 g/mol. The van der Waals surface area contributed by atoms with Crippen LogP contribution in [0.3, 0.4) is 0 Å². The summed E-state index contributed by atoms with van der Waals surface area (Å²) in [7, 11) is 0. The largest absolute Gasteiger partial charge is 0.477 e. The smallest absolute Gasteiger partial charge is 0.345 e. The van der Waals surface area contributed by atoms with Crippen LogP contribution in [0.2, 0.25) is 0 Å². The predicted octanol–water partition coefficient (Wildman–Crippen LogP) is 3.22. The van der Waals surface area contributed by atoms with Gasteiger partial charge in [-0.2, -0.15) is 0 Å². The Morgan fingerprint density at radius 3 is 3.06 bits per heavy atom. The van der Waals surface area contributed by atoms with Gasteiger partial charge in [0.25, 0.3) is 0 Å². The molecule has 1 aliphatic heterocycles. The molecule has 0 radical (unpaired) electrons. The monoisotopic (exact) mass is 239 g/mol. The lowest BCUT2D eigenvalue weighted by Crippen LogP contribution is -2.38. The van der Waals surface area contributed by atoms with Crippen molar-refractivity contribution < 1.29 is 9.90 Å². The second kappa shape index (κ2) is 4.87. The number of hydrogen-bond donors (Lipinski definition) is 1. The van der Waals surface area contributed by atoms with Gasteiger partial charge < -0.3 is 10.0 Å². The molecule has 1 atom stereocenters. The summed E-state index contributed by atoms with van der Waals surface area (Å²) in [6.45, 7) is 3.27. The van der Waals surface area contributed by atoms with Crippen LogP contribution in [0.4, 0.5) is 5.69 Å². The van der Waals surface area contributed by atoms with Crippen molar-refractivity contribution in [1.29, 1.82) is 0 Å². The zero-order chi connectivity index (χ0) is 11.5. The molecule has 0 saturated carbocycles. The van der Waals surface area contributed by atoms with E-state index in [-0.39, 0.29) is 0 Å². The van der Waals surface area contributed by atoms with Crippen molar-refractivity contribution in [3.8, 4) is 0 Å². The molecule has 1 aliphatic rings. The van der Waals surface area contributed by atoms with E-state index in [1.165, 1.54) is 30.6 Å². The molecular weight excluding hydrogens is 222 g/mol. The van der Waals surface area contributed by atoms with Gasteiger partial charge in [-0.1, -0.05) is 6.92 Å². The molecule has 1 aromatic heterocycles. The summed E-state index contributed by atoms with van der Waals surface area (Å²) in [5.74, 6) is -0.818. The molecule has 4 heteroatoms. The zero-order valence-corrected chi connectivity index (χ0v) is 10.3. The van der Waals surface area contributed by atoms with Crippen LogP contribution in [0.15, 0.2) is 11.4 Å². The molecule has 2 rings (SSSR count). The lowest BCUT2D eigenvalue weighted by molar-refractivity contribution is 0.0702. The van der Waals surface area contributed by atoms with Gasteiger partial charge in [-0.3, -0.25) is 0 Å². The molecule has 0 spiro atoms. The molecule has 1 saturated heterocycles. The predicted molar refractivity (Wildman–Crippen MR) is 66.6 cm³/mol. The van der Waals surface area contributed by atoms with Crippen LogP contribution < -0.4 is 4.90 Å². The van der Waals surface area contributed by atoms with Gasteiger partial charge in [0.2, 0.25) is 0 Å². The highest BCUT2D eigenvalue weighted by atomic mass is 32.1. The summed E-state index contributed by atoms with van der Waals surface area (Å²) < 4.78 is 0. The fraction of sp³-hybridized carbons (Fsp3) is 0.583. The van der Waals surface area contributed by atoms with Gasteiger partial charge in [-0.25, -0.2) is 4.79 Å². The first-order valence-electron chi connectivity index (χ1n) is 5.81. The molecule has 1 aromatic rings. The van der Waals surface area contributed by atoms with Gasteiger partial charge in [0.1, 0.15) is 4.88 Å². The number of rotatable bonds is 3. The fourth-order valence-corrected chi connectivity index (χ4v) is 3.09. The number of thiophene rings is 1. The van der Waals surface area contributed by atoms with Crippen LogP contribution in [-0.4, -0.2) is 23.7 Å². The van der Waals surface area contributed by atoms with Crippen LogP contribution in [0.25, 0.3) is 0 Å². The third-order valence-electron chi connectivity index (χ3n) is 3.23. The van der Waals surface area contributed by atoms with Gasteiger partial charge >= 0.3 is 5.97 Å². The van der Waals surface area contributed by atoms with E-state index in [1.807, 2.05) is 5.38 Å². The molecule has 3 nitrogen and oxygen atoms in total. The van der Waals surface area contributed by atoms with E-state index in [9.17, 15) is 4.79 Å². The first-order chi connectivity index (χ1) is 7.72.